The molecule has 210 valence electrons. The third kappa shape index (κ3) is 25.7. The summed E-state index contributed by atoms with van der Waals surface area (Å²) < 4.78 is 17.9. The molecule has 0 aromatic heterocycles. The molecule has 0 rings (SSSR count). The molecule has 7 heteroatoms. The van der Waals surface area contributed by atoms with Crippen LogP contribution in [0.1, 0.15) is 123 Å². The SMILES string of the molecule is CC(C)O.CC(C)O.CC(C)OC(C)(O)C(OC(C)C)(OC(C)C)C(C)(C)C.[CH2-]CCCC.[Zr]. The van der Waals surface area contributed by atoms with E-state index in [1.165, 1.54) is 12.8 Å². The number of ether oxygens (including phenoxy) is 3. The van der Waals surface area contributed by atoms with Crippen LogP contribution in [0.3, 0.4) is 0 Å². The fraction of sp³-hybridized carbons (Fsp3) is 0.963. The van der Waals surface area contributed by atoms with Crippen LogP contribution in [0.25, 0.3) is 0 Å². The Labute approximate surface area is 232 Å². The molecule has 3 N–H and O–H groups in total. The largest absolute Gasteiger partial charge is 0.394 e. The summed E-state index contributed by atoms with van der Waals surface area (Å²) in [5, 5.41) is 27.1. The van der Waals surface area contributed by atoms with E-state index in [0.29, 0.717) is 0 Å². The second-order valence-corrected chi connectivity index (χ2v) is 10.7. The van der Waals surface area contributed by atoms with Gasteiger partial charge in [0.15, 0.2) is 0 Å². The van der Waals surface area contributed by atoms with E-state index in [4.69, 9.17) is 24.4 Å². The van der Waals surface area contributed by atoms with E-state index < -0.39 is 17.0 Å². The second-order valence-electron chi connectivity index (χ2n) is 10.7. The molecule has 0 aromatic carbocycles. The first-order valence-electron chi connectivity index (χ1n) is 12.5. The first kappa shape index (κ1) is 44.6. The molecule has 0 saturated carbocycles. The summed E-state index contributed by atoms with van der Waals surface area (Å²) in [5.74, 6) is -2.82. The van der Waals surface area contributed by atoms with Gasteiger partial charge >= 0.3 is 0 Å². The van der Waals surface area contributed by atoms with Crippen molar-refractivity contribution in [3.8, 4) is 0 Å². The Morgan fingerprint density at radius 1 is 0.676 bits per heavy atom. The number of hydrogen-bond donors (Lipinski definition) is 3. The van der Waals surface area contributed by atoms with Gasteiger partial charge in [-0.1, -0.05) is 40.5 Å². The first-order chi connectivity index (χ1) is 14.6. The Balaban J connectivity index is -0.000000164. The summed E-state index contributed by atoms with van der Waals surface area (Å²) in [4.78, 5) is 0. The van der Waals surface area contributed by atoms with Gasteiger partial charge < -0.3 is 36.5 Å². The number of aliphatic hydroxyl groups excluding tert-OH is 2. The predicted octanol–water partition coefficient (Wildman–Crippen LogP) is 6.49. The zero-order valence-corrected chi connectivity index (χ0v) is 27.7. The Kier molecular flexibility index (Phi) is 29.9. The maximum atomic E-state index is 11.0. The molecule has 0 spiro atoms. The molecule has 34 heavy (non-hydrogen) atoms. The quantitative estimate of drug-likeness (QED) is 0.216. The summed E-state index contributed by atoms with van der Waals surface area (Å²) in [6, 6.07) is 0. The van der Waals surface area contributed by atoms with Crippen LogP contribution in [0.2, 0.25) is 0 Å². The van der Waals surface area contributed by atoms with Crippen LogP contribution in [0.5, 0.6) is 0 Å². The molecule has 0 bridgehead atoms. The molecular formula is C27H61O6Zr-. The van der Waals surface area contributed by atoms with Gasteiger partial charge in [0, 0.05) is 43.8 Å². The zero-order valence-electron chi connectivity index (χ0n) is 25.3. The summed E-state index contributed by atoms with van der Waals surface area (Å²) in [7, 11) is 0. The number of unbranched alkanes of at least 4 members (excludes halogenated alkanes) is 2. The van der Waals surface area contributed by atoms with E-state index in [1.54, 1.807) is 34.6 Å². The average molecular weight is 573 g/mol. The van der Waals surface area contributed by atoms with E-state index in [2.05, 4.69) is 13.8 Å². The van der Waals surface area contributed by atoms with E-state index in [9.17, 15) is 5.11 Å². The van der Waals surface area contributed by atoms with Crippen LogP contribution in [0.15, 0.2) is 0 Å². The Hall–Kier alpha value is 0.643. The van der Waals surface area contributed by atoms with Crippen LogP contribution >= 0.6 is 0 Å². The summed E-state index contributed by atoms with van der Waals surface area (Å²) >= 11 is 0. The Bertz CT molecular complexity index is 392. The van der Waals surface area contributed by atoms with Gasteiger partial charge in [0.1, 0.15) is 0 Å². The first-order valence-corrected chi connectivity index (χ1v) is 12.5. The number of aliphatic hydroxyl groups is 3. The topological polar surface area (TPSA) is 88.4 Å². The molecule has 0 aliphatic carbocycles. The molecular weight excluding hydrogens is 512 g/mol. The summed E-state index contributed by atoms with van der Waals surface area (Å²) in [5.41, 5.74) is -0.472. The fourth-order valence-electron chi connectivity index (χ4n) is 2.75. The zero-order chi connectivity index (χ0) is 27.6. The normalized spacial score (nSPS) is 13.4. The van der Waals surface area contributed by atoms with Crippen LogP contribution in [-0.2, 0) is 40.4 Å². The molecule has 6 nitrogen and oxygen atoms in total. The number of rotatable bonds is 9. The summed E-state index contributed by atoms with van der Waals surface area (Å²) in [6.07, 6.45) is 2.98. The molecule has 0 radical (unpaired) electrons. The monoisotopic (exact) mass is 571 g/mol. The molecule has 1 unspecified atom stereocenters. The molecule has 1 atom stereocenters. The van der Waals surface area contributed by atoms with Crippen molar-refractivity contribution >= 4 is 0 Å². The van der Waals surface area contributed by atoms with Crippen molar-refractivity contribution in [2.75, 3.05) is 0 Å². The second kappa shape index (κ2) is 22.8. The standard InChI is InChI=1S/C16H34O4.C5H11.2C3H8O.Zr/c1-11(2)18-15(10,17)16(14(7,8)9,19-12(3)4)20-13(5)6;1-3-5-4-2;2*1-3(2)4;/h11-13,17H,1-10H3;1,3-5H2,2H3;2*3-4H,1-2H3;/q;-1;;;. The minimum absolute atomic E-state index is 0. The molecule has 0 fully saturated rings. The van der Waals surface area contributed by atoms with E-state index in [1.807, 2.05) is 62.3 Å². The van der Waals surface area contributed by atoms with Gasteiger partial charge in [-0.25, -0.2) is 0 Å². The molecule has 0 aliphatic rings. The van der Waals surface area contributed by atoms with Crippen molar-refractivity contribution in [2.45, 2.75) is 165 Å². The number of hydrogen-bond acceptors (Lipinski definition) is 6. The molecule has 0 saturated heterocycles. The van der Waals surface area contributed by atoms with E-state index in [0.717, 1.165) is 6.42 Å². The van der Waals surface area contributed by atoms with Crippen LogP contribution in [-0.4, -0.2) is 57.4 Å². The van der Waals surface area contributed by atoms with Gasteiger partial charge in [-0.15, -0.1) is 0 Å². The van der Waals surface area contributed by atoms with E-state index >= 15 is 0 Å². The van der Waals surface area contributed by atoms with Crippen molar-refractivity contribution < 1.29 is 55.7 Å². The van der Waals surface area contributed by atoms with Gasteiger partial charge in [0.05, 0.1) is 18.3 Å². The van der Waals surface area contributed by atoms with Gasteiger partial charge in [0.2, 0.25) is 11.6 Å². The van der Waals surface area contributed by atoms with Gasteiger partial charge in [-0.05, 0) is 76.2 Å². The van der Waals surface area contributed by atoms with Crippen molar-refractivity contribution in [1.29, 1.82) is 0 Å². The average Bonchev–Trinajstić information content (AvgIpc) is 2.51. The maximum absolute atomic E-state index is 11.0. The summed E-state index contributed by atoms with van der Waals surface area (Å²) in [6.45, 7) is 31.8. The van der Waals surface area contributed by atoms with Gasteiger partial charge in [-0.3, -0.25) is 0 Å². The minimum Gasteiger partial charge on any atom is -0.394 e. The van der Waals surface area contributed by atoms with Gasteiger partial charge in [0.25, 0.3) is 0 Å². The Morgan fingerprint density at radius 3 is 1.06 bits per heavy atom. The van der Waals surface area contributed by atoms with Crippen molar-refractivity contribution in [1.82, 2.24) is 0 Å². The predicted molar refractivity (Wildman–Crippen MR) is 141 cm³/mol. The third-order valence-corrected chi connectivity index (χ3v) is 3.47. The fourth-order valence-corrected chi connectivity index (χ4v) is 2.75. The van der Waals surface area contributed by atoms with Gasteiger partial charge in [-0.2, -0.15) is 6.42 Å². The van der Waals surface area contributed by atoms with Crippen molar-refractivity contribution in [2.24, 2.45) is 5.41 Å². The van der Waals surface area contributed by atoms with Crippen LogP contribution in [0, 0.1) is 12.3 Å². The van der Waals surface area contributed by atoms with Crippen LogP contribution in [0.4, 0.5) is 0 Å². The molecule has 0 amide bonds. The molecule has 0 aliphatic heterocycles. The maximum Gasteiger partial charge on any atom is 0.228 e. The molecule has 0 heterocycles. The van der Waals surface area contributed by atoms with Crippen LogP contribution < -0.4 is 0 Å². The van der Waals surface area contributed by atoms with Crippen molar-refractivity contribution in [3.63, 3.8) is 0 Å². The van der Waals surface area contributed by atoms with E-state index in [-0.39, 0.29) is 56.7 Å². The van der Waals surface area contributed by atoms with Crippen molar-refractivity contribution in [3.05, 3.63) is 6.92 Å². The molecule has 0 aromatic rings. The smallest absolute Gasteiger partial charge is 0.228 e. The minimum atomic E-state index is -1.56. The Morgan fingerprint density at radius 2 is 0.941 bits per heavy atom. The third-order valence-electron chi connectivity index (χ3n) is 3.47.